The van der Waals surface area contributed by atoms with Crippen LogP contribution >= 0.6 is 11.6 Å². The predicted molar refractivity (Wildman–Crippen MR) is 86.1 cm³/mol. The van der Waals surface area contributed by atoms with E-state index >= 15 is 0 Å². The molecule has 2 rings (SSSR count). The highest BCUT2D eigenvalue weighted by Gasteiger charge is 2.12. The van der Waals surface area contributed by atoms with Gasteiger partial charge in [0.15, 0.2) is 0 Å². The van der Waals surface area contributed by atoms with Gasteiger partial charge in [0, 0.05) is 25.8 Å². The molecule has 0 amide bonds. The van der Waals surface area contributed by atoms with Gasteiger partial charge in [-0.3, -0.25) is 9.88 Å². The van der Waals surface area contributed by atoms with E-state index in [1.807, 2.05) is 37.3 Å². The summed E-state index contributed by atoms with van der Waals surface area (Å²) in [7, 11) is 0. The molecule has 1 aromatic carbocycles. The average Bonchev–Trinajstić information content (AvgIpc) is 2.50. The molecule has 0 radical (unpaired) electrons. The van der Waals surface area contributed by atoms with Crippen LogP contribution in [-0.2, 0) is 13.1 Å². The first kappa shape index (κ1) is 16.0. The number of aromatic nitrogens is 1. The zero-order valence-corrected chi connectivity index (χ0v) is 13.0. The van der Waals surface area contributed by atoms with E-state index < -0.39 is 0 Å². The second kappa shape index (κ2) is 8.13. The lowest BCUT2D eigenvalue weighted by atomic mass is 10.2. The predicted octanol–water partition coefficient (Wildman–Crippen LogP) is 3.51. The van der Waals surface area contributed by atoms with Gasteiger partial charge in [0.1, 0.15) is 0 Å². The summed E-state index contributed by atoms with van der Waals surface area (Å²) in [5.74, 6) is 0. The highest BCUT2D eigenvalue weighted by Crippen LogP contribution is 2.12. The number of hydrogen-bond acceptors (Lipinski definition) is 3. The third-order valence-corrected chi connectivity index (χ3v) is 3.59. The monoisotopic (exact) mass is 304 g/mol. The lowest BCUT2D eigenvalue weighted by Gasteiger charge is -2.24. The van der Waals surface area contributed by atoms with Crippen LogP contribution in [-0.4, -0.2) is 27.6 Å². The molecule has 1 N–H and O–H groups in total. The van der Waals surface area contributed by atoms with Crippen molar-refractivity contribution in [3.8, 4) is 0 Å². The Bertz CT molecular complexity index is 530. The zero-order chi connectivity index (χ0) is 15.1. The number of nitrogens with zero attached hydrogens (tertiary/aromatic N) is 2. The van der Waals surface area contributed by atoms with Crippen LogP contribution in [0.1, 0.15) is 24.6 Å². The van der Waals surface area contributed by atoms with Crippen LogP contribution in [0.2, 0.25) is 5.02 Å². The van der Waals surface area contributed by atoms with Gasteiger partial charge in [0.05, 0.1) is 16.8 Å². The third-order valence-electron chi connectivity index (χ3n) is 3.36. The Morgan fingerprint density at radius 3 is 2.52 bits per heavy atom. The van der Waals surface area contributed by atoms with E-state index in [4.69, 9.17) is 11.6 Å². The summed E-state index contributed by atoms with van der Waals surface area (Å²) in [4.78, 5) is 6.55. The standard InChI is InChI=1S/C17H21ClN2O/c1-2-17(21)13-20(11-14-6-4-3-5-7-14)12-16-9-8-15(18)10-19-16/h3-10,17,21H,2,11-13H2,1H3. The van der Waals surface area contributed by atoms with Crippen molar-refractivity contribution in [2.24, 2.45) is 0 Å². The van der Waals surface area contributed by atoms with Crippen LogP contribution in [0.5, 0.6) is 0 Å². The second-order valence-corrected chi connectivity index (χ2v) is 5.62. The van der Waals surface area contributed by atoms with Crippen molar-refractivity contribution in [2.45, 2.75) is 32.5 Å². The van der Waals surface area contributed by atoms with Crippen molar-refractivity contribution in [1.29, 1.82) is 0 Å². The van der Waals surface area contributed by atoms with E-state index in [0.29, 0.717) is 18.1 Å². The summed E-state index contributed by atoms with van der Waals surface area (Å²) < 4.78 is 0. The first-order chi connectivity index (χ1) is 10.2. The van der Waals surface area contributed by atoms with Crippen LogP contribution in [0.25, 0.3) is 0 Å². The normalized spacial score (nSPS) is 12.6. The van der Waals surface area contributed by atoms with Crippen LogP contribution in [0, 0.1) is 0 Å². The summed E-state index contributed by atoms with van der Waals surface area (Å²) in [5.41, 5.74) is 2.19. The van der Waals surface area contributed by atoms with Crippen LogP contribution < -0.4 is 0 Å². The van der Waals surface area contributed by atoms with Gasteiger partial charge in [-0.15, -0.1) is 0 Å². The number of aliphatic hydroxyl groups excluding tert-OH is 1. The van der Waals surface area contributed by atoms with Crippen molar-refractivity contribution in [2.75, 3.05) is 6.54 Å². The first-order valence-electron chi connectivity index (χ1n) is 7.22. The van der Waals surface area contributed by atoms with Gasteiger partial charge >= 0.3 is 0 Å². The number of halogens is 1. The number of rotatable bonds is 7. The summed E-state index contributed by atoms with van der Waals surface area (Å²) >= 11 is 5.87. The lowest BCUT2D eigenvalue weighted by Crippen LogP contribution is -2.31. The van der Waals surface area contributed by atoms with Gasteiger partial charge in [-0.05, 0) is 24.1 Å². The summed E-state index contributed by atoms with van der Waals surface area (Å²) in [6.45, 7) is 4.12. The second-order valence-electron chi connectivity index (χ2n) is 5.19. The molecule has 3 nitrogen and oxygen atoms in total. The molecule has 0 aliphatic heterocycles. The van der Waals surface area contributed by atoms with Gasteiger partial charge in [-0.1, -0.05) is 48.9 Å². The SMILES string of the molecule is CCC(O)CN(Cc1ccccc1)Cc1ccc(Cl)cn1. The molecule has 0 fully saturated rings. The molecular weight excluding hydrogens is 284 g/mol. The van der Waals surface area contributed by atoms with Crippen molar-refractivity contribution in [1.82, 2.24) is 9.88 Å². The van der Waals surface area contributed by atoms with Gasteiger partial charge in [0.2, 0.25) is 0 Å². The topological polar surface area (TPSA) is 36.4 Å². The van der Waals surface area contributed by atoms with Gasteiger partial charge in [0.25, 0.3) is 0 Å². The summed E-state index contributed by atoms with van der Waals surface area (Å²) in [5, 5.41) is 10.6. The highest BCUT2D eigenvalue weighted by molar-refractivity contribution is 6.30. The largest absolute Gasteiger partial charge is 0.392 e. The maximum Gasteiger partial charge on any atom is 0.0664 e. The highest BCUT2D eigenvalue weighted by atomic mass is 35.5. The molecule has 4 heteroatoms. The molecule has 1 heterocycles. The zero-order valence-electron chi connectivity index (χ0n) is 12.2. The fourth-order valence-corrected chi connectivity index (χ4v) is 2.29. The molecule has 1 aromatic heterocycles. The van der Waals surface area contributed by atoms with E-state index in [-0.39, 0.29) is 6.10 Å². The third kappa shape index (κ3) is 5.46. The number of benzene rings is 1. The molecule has 1 unspecified atom stereocenters. The molecule has 0 saturated carbocycles. The van der Waals surface area contributed by atoms with E-state index in [0.717, 1.165) is 18.7 Å². The Kier molecular flexibility index (Phi) is 6.18. The van der Waals surface area contributed by atoms with Gasteiger partial charge in [-0.25, -0.2) is 0 Å². The van der Waals surface area contributed by atoms with E-state index in [1.54, 1.807) is 6.20 Å². The van der Waals surface area contributed by atoms with E-state index in [1.165, 1.54) is 5.56 Å². The number of hydrogen-bond donors (Lipinski definition) is 1. The Balaban J connectivity index is 2.06. The molecule has 112 valence electrons. The summed E-state index contributed by atoms with van der Waals surface area (Å²) in [6, 6.07) is 14.0. The molecule has 1 atom stereocenters. The molecule has 0 aliphatic rings. The molecule has 0 aliphatic carbocycles. The van der Waals surface area contributed by atoms with Crippen molar-refractivity contribution in [3.63, 3.8) is 0 Å². The van der Waals surface area contributed by atoms with Crippen LogP contribution in [0.4, 0.5) is 0 Å². The average molecular weight is 305 g/mol. The van der Waals surface area contributed by atoms with Crippen LogP contribution in [0.3, 0.4) is 0 Å². The van der Waals surface area contributed by atoms with E-state index in [2.05, 4.69) is 22.0 Å². The van der Waals surface area contributed by atoms with Crippen LogP contribution in [0.15, 0.2) is 48.7 Å². The first-order valence-corrected chi connectivity index (χ1v) is 7.60. The number of aliphatic hydroxyl groups is 1. The fraction of sp³-hybridized carbons (Fsp3) is 0.353. The fourth-order valence-electron chi connectivity index (χ4n) is 2.18. The Morgan fingerprint density at radius 1 is 1.14 bits per heavy atom. The van der Waals surface area contributed by atoms with Gasteiger partial charge < -0.3 is 5.11 Å². The Hall–Kier alpha value is -1.42. The molecule has 0 saturated heterocycles. The maximum absolute atomic E-state index is 9.95. The molecule has 0 bridgehead atoms. The minimum atomic E-state index is -0.319. The Labute approximate surface area is 131 Å². The minimum Gasteiger partial charge on any atom is -0.392 e. The summed E-state index contributed by atoms with van der Waals surface area (Å²) in [6.07, 6.45) is 2.09. The van der Waals surface area contributed by atoms with Crippen molar-refractivity contribution >= 4 is 11.6 Å². The number of pyridine rings is 1. The smallest absolute Gasteiger partial charge is 0.0664 e. The quantitative estimate of drug-likeness (QED) is 0.850. The van der Waals surface area contributed by atoms with E-state index in [9.17, 15) is 5.11 Å². The Morgan fingerprint density at radius 2 is 1.90 bits per heavy atom. The molecular formula is C17H21ClN2O. The van der Waals surface area contributed by atoms with Crippen molar-refractivity contribution < 1.29 is 5.11 Å². The van der Waals surface area contributed by atoms with Gasteiger partial charge in [-0.2, -0.15) is 0 Å². The maximum atomic E-state index is 9.95. The molecule has 21 heavy (non-hydrogen) atoms. The minimum absolute atomic E-state index is 0.319. The molecule has 0 spiro atoms. The molecule has 2 aromatic rings. The van der Waals surface area contributed by atoms with Crippen molar-refractivity contribution in [3.05, 3.63) is 64.9 Å². The lowest BCUT2D eigenvalue weighted by molar-refractivity contribution is 0.101.